The molecule has 0 fully saturated rings. The van der Waals surface area contributed by atoms with Gasteiger partial charge in [0.2, 0.25) is 17.7 Å². The molecule has 0 bridgehead atoms. The molecule has 0 saturated carbocycles. The molecule has 3 amide bonds. The standard InChI is InChI=1S/C16H28N4O9S/c1-7(22)12(16(28)29)20-14(26)9(3-4-30-2)18-15(27)10(6-21)19-13(25)8(17)5-11(23)24/h7-10,12,21-22H,3-6,17H2,1-2H3,(H,18,27)(H,19,25)(H,20,26)(H,23,24)(H,28,29). The summed E-state index contributed by atoms with van der Waals surface area (Å²) < 4.78 is 0. The zero-order valence-electron chi connectivity index (χ0n) is 16.5. The van der Waals surface area contributed by atoms with Gasteiger partial charge in [-0.05, 0) is 25.4 Å². The van der Waals surface area contributed by atoms with Crippen LogP contribution in [0.4, 0.5) is 0 Å². The van der Waals surface area contributed by atoms with E-state index in [1.807, 2.05) is 0 Å². The van der Waals surface area contributed by atoms with E-state index < -0.39 is 73.0 Å². The third-order valence-electron chi connectivity index (χ3n) is 3.84. The van der Waals surface area contributed by atoms with Crippen molar-refractivity contribution in [3.8, 4) is 0 Å². The summed E-state index contributed by atoms with van der Waals surface area (Å²) in [5, 5.41) is 43.1. The van der Waals surface area contributed by atoms with Crippen molar-refractivity contribution in [2.75, 3.05) is 18.6 Å². The summed E-state index contributed by atoms with van der Waals surface area (Å²) in [6, 6.07) is -5.80. The Hall–Kier alpha value is -2.42. The van der Waals surface area contributed by atoms with Crippen LogP contribution in [-0.2, 0) is 24.0 Å². The van der Waals surface area contributed by atoms with Gasteiger partial charge in [0.05, 0.1) is 25.2 Å². The Balaban J connectivity index is 5.21. The molecule has 0 aliphatic carbocycles. The quantitative estimate of drug-likeness (QED) is 0.129. The van der Waals surface area contributed by atoms with Crippen molar-refractivity contribution in [3.63, 3.8) is 0 Å². The van der Waals surface area contributed by atoms with Gasteiger partial charge in [0, 0.05) is 0 Å². The van der Waals surface area contributed by atoms with Gasteiger partial charge in [0.25, 0.3) is 0 Å². The van der Waals surface area contributed by atoms with E-state index in [2.05, 4.69) is 16.0 Å². The topological polar surface area (TPSA) is 228 Å². The highest BCUT2D eigenvalue weighted by Crippen LogP contribution is 2.04. The minimum atomic E-state index is -1.60. The number of hydrogen-bond acceptors (Lipinski definition) is 9. The summed E-state index contributed by atoms with van der Waals surface area (Å²) in [7, 11) is 0. The molecule has 9 N–H and O–H groups in total. The molecule has 0 radical (unpaired) electrons. The molecule has 0 heterocycles. The van der Waals surface area contributed by atoms with E-state index in [4.69, 9.17) is 15.9 Å². The number of rotatable bonds is 14. The number of carbonyl (C=O) groups excluding carboxylic acids is 3. The Bertz CT molecular complexity index is 632. The van der Waals surface area contributed by atoms with Crippen LogP contribution in [0.25, 0.3) is 0 Å². The van der Waals surface area contributed by atoms with Crippen LogP contribution in [0.5, 0.6) is 0 Å². The van der Waals surface area contributed by atoms with E-state index in [1.165, 1.54) is 18.7 Å². The van der Waals surface area contributed by atoms with Gasteiger partial charge in [-0.2, -0.15) is 11.8 Å². The largest absolute Gasteiger partial charge is 0.481 e. The average Bonchev–Trinajstić information content (AvgIpc) is 2.65. The summed E-state index contributed by atoms with van der Waals surface area (Å²) >= 11 is 1.35. The fourth-order valence-corrected chi connectivity index (χ4v) is 2.64. The number of thioether (sulfide) groups is 1. The summed E-state index contributed by atoms with van der Waals surface area (Å²) in [6.45, 7) is 0.311. The Morgan fingerprint density at radius 2 is 1.50 bits per heavy atom. The Labute approximate surface area is 176 Å². The van der Waals surface area contributed by atoms with Gasteiger partial charge in [-0.3, -0.25) is 19.2 Å². The normalized spacial score (nSPS) is 15.8. The molecule has 0 aromatic carbocycles. The molecule has 0 aliphatic rings. The van der Waals surface area contributed by atoms with Gasteiger partial charge < -0.3 is 42.1 Å². The minimum absolute atomic E-state index is 0.0928. The summed E-state index contributed by atoms with van der Waals surface area (Å²) in [6.07, 6.45) is -0.258. The van der Waals surface area contributed by atoms with Crippen molar-refractivity contribution >= 4 is 41.4 Å². The smallest absolute Gasteiger partial charge is 0.328 e. The highest BCUT2D eigenvalue weighted by Gasteiger charge is 2.31. The van der Waals surface area contributed by atoms with Crippen molar-refractivity contribution in [1.29, 1.82) is 0 Å². The lowest BCUT2D eigenvalue weighted by Gasteiger charge is -2.25. The van der Waals surface area contributed by atoms with E-state index in [-0.39, 0.29) is 6.42 Å². The SMILES string of the molecule is CSCCC(NC(=O)C(CO)NC(=O)C(N)CC(=O)O)C(=O)NC(C(=O)O)C(C)O. The van der Waals surface area contributed by atoms with E-state index in [1.54, 1.807) is 6.26 Å². The second-order valence-electron chi connectivity index (χ2n) is 6.36. The zero-order valence-corrected chi connectivity index (χ0v) is 17.3. The number of carboxylic acid groups (broad SMARTS) is 2. The molecule has 14 heteroatoms. The van der Waals surface area contributed by atoms with Crippen LogP contribution in [-0.4, -0.2) is 99.0 Å². The maximum absolute atomic E-state index is 12.4. The summed E-state index contributed by atoms with van der Waals surface area (Å²) in [4.78, 5) is 58.5. The van der Waals surface area contributed by atoms with Crippen LogP contribution >= 0.6 is 11.8 Å². The molecule has 30 heavy (non-hydrogen) atoms. The average molecular weight is 452 g/mol. The first-order chi connectivity index (χ1) is 13.9. The predicted molar refractivity (Wildman–Crippen MR) is 105 cm³/mol. The first-order valence-corrected chi connectivity index (χ1v) is 10.2. The number of carboxylic acids is 2. The first-order valence-electron chi connectivity index (χ1n) is 8.83. The number of aliphatic carboxylic acids is 2. The van der Waals surface area contributed by atoms with Crippen LogP contribution in [0, 0.1) is 0 Å². The maximum atomic E-state index is 12.4. The predicted octanol–water partition coefficient (Wildman–Crippen LogP) is -3.55. The third-order valence-corrected chi connectivity index (χ3v) is 4.48. The second-order valence-corrected chi connectivity index (χ2v) is 7.34. The number of carbonyl (C=O) groups is 5. The number of hydrogen-bond donors (Lipinski definition) is 8. The lowest BCUT2D eigenvalue weighted by molar-refractivity contribution is -0.145. The summed E-state index contributed by atoms with van der Waals surface area (Å²) in [5.41, 5.74) is 5.40. The zero-order chi connectivity index (χ0) is 23.4. The molecule has 172 valence electrons. The molecular formula is C16H28N4O9S. The minimum Gasteiger partial charge on any atom is -0.481 e. The highest BCUT2D eigenvalue weighted by molar-refractivity contribution is 7.98. The number of nitrogens with one attached hydrogen (secondary N) is 3. The second kappa shape index (κ2) is 13.7. The van der Waals surface area contributed by atoms with E-state index in [0.717, 1.165) is 0 Å². The molecule has 0 rings (SSSR count). The third kappa shape index (κ3) is 9.87. The van der Waals surface area contributed by atoms with Crippen LogP contribution in [0.3, 0.4) is 0 Å². The molecule has 0 saturated heterocycles. The Morgan fingerprint density at radius 1 is 0.967 bits per heavy atom. The molecule has 0 aromatic rings. The molecule has 5 atom stereocenters. The monoisotopic (exact) mass is 452 g/mol. The highest BCUT2D eigenvalue weighted by atomic mass is 32.2. The van der Waals surface area contributed by atoms with Crippen molar-refractivity contribution in [2.45, 2.75) is 50.0 Å². The number of amides is 3. The number of aliphatic hydroxyl groups excluding tert-OH is 2. The molecular weight excluding hydrogens is 424 g/mol. The fraction of sp³-hybridized carbons (Fsp3) is 0.688. The van der Waals surface area contributed by atoms with Crippen LogP contribution in [0.1, 0.15) is 19.8 Å². The van der Waals surface area contributed by atoms with E-state index in [9.17, 15) is 34.2 Å². The van der Waals surface area contributed by atoms with Crippen molar-refractivity contribution in [1.82, 2.24) is 16.0 Å². The van der Waals surface area contributed by atoms with Crippen molar-refractivity contribution < 1.29 is 44.4 Å². The fourth-order valence-electron chi connectivity index (χ4n) is 2.17. The number of aliphatic hydroxyl groups is 2. The Morgan fingerprint density at radius 3 is 1.93 bits per heavy atom. The van der Waals surface area contributed by atoms with E-state index >= 15 is 0 Å². The van der Waals surface area contributed by atoms with Crippen molar-refractivity contribution in [2.24, 2.45) is 5.73 Å². The van der Waals surface area contributed by atoms with Crippen LogP contribution in [0.15, 0.2) is 0 Å². The van der Waals surface area contributed by atoms with Crippen LogP contribution < -0.4 is 21.7 Å². The van der Waals surface area contributed by atoms with Gasteiger partial charge in [0.1, 0.15) is 12.1 Å². The molecule has 5 unspecified atom stereocenters. The van der Waals surface area contributed by atoms with Gasteiger partial charge in [-0.1, -0.05) is 0 Å². The molecule has 0 aliphatic heterocycles. The van der Waals surface area contributed by atoms with Gasteiger partial charge in [-0.15, -0.1) is 0 Å². The van der Waals surface area contributed by atoms with Gasteiger partial charge in [-0.25, -0.2) is 4.79 Å². The van der Waals surface area contributed by atoms with Crippen LogP contribution in [0.2, 0.25) is 0 Å². The maximum Gasteiger partial charge on any atom is 0.328 e. The summed E-state index contributed by atoms with van der Waals surface area (Å²) in [5.74, 6) is -5.22. The van der Waals surface area contributed by atoms with Crippen molar-refractivity contribution in [3.05, 3.63) is 0 Å². The lowest BCUT2D eigenvalue weighted by atomic mass is 10.1. The molecule has 0 spiro atoms. The van der Waals surface area contributed by atoms with E-state index in [0.29, 0.717) is 5.75 Å². The van der Waals surface area contributed by atoms with Gasteiger partial charge in [0.15, 0.2) is 6.04 Å². The lowest BCUT2D eigenvalue weighted by Crippen LogP contribution is -2.59. The number of nitrogens with two attached hydrogens (primary N) is 1. The molecule has 0 aromatic heterocycles. The Kier molecular flexibility index (Phi) is 12.6. The molecule has 13 nitrogen and oxygen atoms in total. The van der Waals surface area contributed by atoms with Gasteiger partial charge >= 0.3 is 11.9 Å². The first kappa shape index (κ1) is 27.6.